The Bertz CT molecular complexity index is 755. The Morgan fingerprint density at radius 3 is 2.92 bits per heavy atom. The van der Waals surface area contributed by atoms with Crippen molar-refractivity contribution in [2.75, 3.05) is 18.6 Å². The molecule has 0 unspecified atom stereocenters. The lowest BCUT2D eigenvalue weighted by Crippen LogP contribution is -2.36. The SMILES string of the molecule is COc1cc(C(=O)N2CCCc3c(OC(F)F)cccc32)ncn1. The number of rotatable bonds is 4. The maximum atomic E-state index is 12.8. The van der Waals surface area contributed by atoms with E-state index in [1.54, 1.807) is 12.1 Å². The van der Waals surface area contributed by atoms with Gasteiger partial charge in [-0.3, -0.25) is 4.79 Å². The minimum absolute atomic E-state index is 0.0975. The van der Waals surface area contributed by atoms with Crippen molar-refractivity contribution in [2.45, 2.75) is 19.5 Å². The molecule has 1 aromatic carbocycles. The molecule has 126 valence electrons. The van der Waals surface area contributed by atoms with E-state index >= 15 is 0 Å². The minimum atomic E-state index is -2.91. The van der Waals surface area contributed by atoms with Crippen LogP contribution in [0.25, 0.3) is 0 Å². The Hall–Kier alpha value is -2.77. The molecule has 1 aliphatic rings. The average molecular weight is 335 g/mol. The van der Waals surface area contributed by atoms with E-state index in [1.807, 2.05) is 0 Å². The van der Waals surface area contributed by atoms with Gasteiger partial charge in [-0.1, -0.05) is 6.07 Å². The summed E-state index contributed by atoms with van der Waals surface area (Å²) in [6.07, 6.45) is 2.45. The summed E-state index contributed by atoms with van der Waals surface area (Å²) in [5.41, 5.74) is 1.33. The highest BCUT2D eigenvalue weighted by Gasteiger charge is 2.27. The van der Waals surface area contributed by atoms with Crippen LogP contribution < -0.4 is 14.4 Å². The van der Waals surface area contributed by atoms with E-state index in [9.17, 15) is 13.6 Å². The standard InChI is InChI=1S/C16H15F2N3O3/c1-23-14-8-11(19-9-20-14)15(22)21-7-3-4-10-12(21)5-2-6-13(10)24-16(17)18/h2,5-6,8-9,16H,3-4,7H2,1H3. The second-order valence-electron chi connectivity index (χ2n) is 5.14. The zero-order valence-electron chi connectivity index (χ0n) is 12.9. The normalized spacial score (nSPS) is 13.6. The van der Waals surface area contributed by atoms with Crippen molar-refractivity contribution in [3.63, 3.8) is 0 Å². The largest absolute Gasteiger partial charge is 0.481 e. The summed E-state index contributed by atoms with van der Waals surface area (Å²) in [6, 6.07) is 6.22. The highest BCUT2D eigenvalue weighted by Crippen LogP contribution is 2.35. The molecule has 0 spiro atoms. The fourth-order valence-corrected chi connectivity index (χ4v) is 2.72. The van der Waals surface area contributed by atoms with Gasteiger partial charge < -0.3 is 14.4 Å². The number of methoxy groups -OCH3 is 1. The molecule has 0 bridgehead atoms. The van der Waals surface area contributed by atoms with Crippen molar-refractivity contribution < 1.29 is 23.0 Å². The maximum Gasteiger partial charge on any atom is 0.387 e. The molecule has 0 radical (unpaired) electrons. The molecule has 0 saturated heterocycles. The number of aromatic nitrogens is 2. The number of halogens is 2. The molecular formula is C16H15F2N3O3. The Labute approximate surface area is 137 Å². The lowest BCUT2D eigenvalue weighted by molar-refractivity contribution is -0.0504. The molecule has 1 aliphatic heterocycles. The number of ether oxygens (including phenoxy) is 2. The summed E-state index contributed by atoms with van der Waals surface area (Å²) in [6.45, 7) is -2.44. The van der Waals surface area contributed by atoms with Gasteiger partial charge in [0.1, 0.15) is 17.8 Å². The zero-order chi connectivity index (χ0) is 17.1. The van der Waals surface area contributed by atoms with Crippen molar-refractivity contribution in [1.29, 1.82) is 0 Å². The number of carbonyl (C=O) groups excluding carboxylic acids is 1. The van der Waals surface area contributed by atoms with Crippen LogP contribution in [0.3, 0.4) is 0 Å². The third-order valence-corrected chi connectivity index (χ3v) is 3.74. The molecule has 24 heavy (non-hydrogen) atoms. The summed E-state index contributed by atoms with van der Waals surface area (Å²) in [5, 5.41) is 0. The van der Waals surface area contributed by atoms with E-state index in [4.69, 9.17) is 4.74 Å². The van der Waals surface area contributed by atoms with E-state index in [1.165, 1.54) is 30.5 Å². The van der Waals surface area contributed by atoms with E-state index in [2.05, 4.69) is 14.7 Å². The zero-order valence-corrected chi connectivity index (χ0v) is 12.9. The smallest absolute Gasteiger partial charge is 0.387 e. The van der Waals surface area contributed by atoms with Crippen molar-refractivity contribution >= 4 is 11.6 Å². The molecule has 0 atom stereocenters. The molecule has 1 amide bonds. The van der Waals surface area contributed by atoms with Crippen LogP contribution in [0, 0.1) is 0 Å². The molecular weight excluding hydrogens is 320 g/mol. The van der Waals surface area contributed by atoms with Crippen molar-refractivity contribution in [3.8, 4) is 11.6 Å². The molecule has 6 nitrogen and oxygen atoms in total. The number of nitrogens with zero attached hydrogens (tertiary/aromatic N) is 3. The molecule has 2 heterocycles. The van der Waals surface area contributed by atoms with Gasteiger partial charge in [-0.05, 0) is 25.0 Å². The van der Waals surface area contributed by atoms with E-state index in [0.717, 1.165) is 0 Å². The monoisotopic (exact) mass is 335 g/mol. The molecule has 0 aliphatic carbocycles. The first kappa shape index (κ1) is 16.1. The summed E-state index contributed by atoms with van der Waals surface area (Å²) in [7, 11) is 1.45. The number of fused-ring (bicyclic) bond motifs is 1. The van der Waals surface area contributed by atoms with Gasteiger partial charge in [-0.25, -0.2) is 9.97 Å². The lowest BCUT2D eigenvalue weighted by atomic mass is 10.00. The van der Waals surface area contributed by atoms with Crippen LogP contribution in [-0.2, 0) is 6.42 Å². The van der Waals surface area contributed by atoms with Crippen LogP contribution in [0.5, 0.6) is 11.6 Å². The molecule has 3 rings (SSSR count). The Morgan fingerprint density at radius 1 is 1.33 bits per heavy atom. The summed E-state index contributed by atoms with van der Waals surface area (Å²) >= 11 is 0. The number of carbonyl (C=O) groups is 1. The highest BCUT2D eigenvalue weighted by atomic mass is 19.3. The molecule has 1 aromatic heterocycles. The maximum absolute atomic E-state index is 12.8. The van der Waals surface area contributed by atoms with E-state index in [0.29, 0.717) is 30.6 Å². The quantitative estimate of drug-likeness (QED) is 0.859. The number of benzene rings is 1. The second kappa shape index (κ2) is 6.77. The molecule has 0 saturated carbocycles. The van der Waals surface area contributed by atoms with Crippen LogP contribution in [-0.4, -0.2) is 36.1 Å². The summed E-state index contributed by atoms with van der Waals surface area (Å²) in [4.78, 5) is 22.1. The number of amides is 1. The van der Waals surface area contributed by atoms with Gasteiger partial charge in [0.05, 0.1) is 12.8 Å². The van der Waals surface area contributed by atoms with E-state index < -0.39 is 6.61 Å². The summed E-state index contributed by atoms with van der Waals surface area (Å²) in [5.74, 6) is 0.0338. The van der Waals surface area contributed by atoms with Gasteiger partial charge >= 0.3 is 6.61 Å². The van der Waals surface area contributed by atoms with Crippen LogP contribution in [0.15, 0.2) is 30.6 Å². The minimum Gasteiger partial charge on any atom is -0.481 e. The second-order valence-corrected chi connectivity index (χ2v) is 5.14. The fourth-order valence-electron chi connectivity index (χ4n) is 2.72. The number of anilines is 1. The van der Waals surface area contributed by atoms with Gasteiger partial charge in [-0.15, -0.1) is 0 Å². The van der Waals surface area contributed by atoms with Crippen molar-refractivity contribution in [3.05, 3.63) is 41.9 Å². The van der Waals surface area contributed by atoms with Crippen molar-refractivity contribution in [2.24, 2.45) is 0 Å². The third kappa shape index (κ3) is 3.12. The molecule has 2 aromatic rings. The van der Waals surface area contributed by atoms with Gasteiger partial charge in [0, 0.05) is 18.2 Å². The van der Waals surface area contributed by atoms with Crippen LogP contribution in [0.1, 0.15) is 22.5 Å². The van der Waals surface area contributed by atoms with Gasteiger partial charge in [-0.2, -0.15) is 8.78 Å². The number of alkyl halides is 2. The molecule has 8 heteroatoms. The average Bonchev–Trinajstić information content (AvgIpc) is 2.60. The van der Waals surface area contributed by atoms with Crippen molar-refractivity contribution in [1.82, 2.24) is 9.97 Å². The number of hydrogen-bond acceptors (Lipinski definition) is 5. The van der Waals surface area contributed by atoms with Gasteiger partial charge in [0.15, 0.2) is 0 Å². The Kier molecular flexibility index (Phi) is 4.54. The van der Waals surface area contributed by atoms with Crippen LogP contribution in [0.4, 0.5) is 14.5 Å². The predicted octanol–water partition coefficient (Wildman–Crippen LogP) is 2.68. The lowest BCUT2D eigenvalue weighted by Gasteiger charge is -2.30. The first-order valence-electron chi connectivity index (χ1n) is 7.34. The Morgan fingerprint density at radius 2 is 2.17 bits per heavy atom. The molecule has 0 N–H and O–H groups in total. The third-order valence-electron chi connectivity index (χ3n) is 3.74. The Balaban J connectivity index is 1.95. The highest BCUT2D eigenvalue weighted by molar-refractivity contribution is 6.05. The first-order valence-corrected chi connectivity index (χ1v) is 7.34. The topological polar surface area (TPSA) is 64.5 Å². The summed E-state index contributed by atoms with van der Waals surface area (Å²) < 4.78 is 34.7. The van der Waals surface area contributed by atoms with Gasteiger partial charge in [0.2, 0.25) is 5.88 Å². The molecule has 0 fully saturated rings. The van der Waals surface area contributed by atoms with E-state index in [-0.39, 0.29) is 23.2 Å². The predicted molar refractivity (Wildman–Crippen MR) is 81.7 cm³/mol. The van der Waals surface area contributed by atoms with Crippen LogP contribution >= 0.6 is 0 Å². The van der Waals surface area contributed by atoms with Gasteiger partial charge in [0.25, 0.3) is 5.91 Å². The fraction of sp³-hybridized carbons (Fsp3) is 0.312. The first-order chi connectivity index (χ1) is 11.6. The number of hydrogen-bond donors (Lipinski definition) is 0. The van der Waals surface area contributed by atoms with Crippen LogP contribution in [0.2, 0.25) is 0 Å².